The molecule has 1 aromatic carbocycles. The number of aryl methyl sites for hydroxylation is 3. The summed E-state index contributed by atoms with van der Waals surface area (Å²) >= 11 is 0. The molecule has 1 amide bonds. The van der Waals surface area contributed by atoms with Crippen molar-refractivity contribution in [1.29, 1.82) is 0 Å². The maximum Gasteiger partial charge on any atom is 0.231 e. The lowest BCUT2D eigenvalue weighted by Gasteiger charge is -2.23. The van der Waals surface area contributed by atoms with Gasteiger partial charge in [-0.15, -0.1) is 0 Å². The third-order valence-electron chi connectivity index (χ3n) is 4.57. The molecule has 0 bridgehead atoms. The largest absolute Gasteiger partial charge is 0.497 e. The molecule has 1 aromatic heterocycles. The summed E-state index contributed by atoms with van der Waals surface area (Å²) in [5.74, 6) is 0.910. The van der Waals surface area contributed by atoms with Gasteiger partial charge in [0.1, 0.15) is 5.75 Å². The predicted molar refractivity (Wildman–Crippen MR) is 90.1 cm³/mol. The van der Waals surface area contributed by atoms with Crippen molar-refractivity contribution in [2.45, 2.75) is 39.5 Å². The molecular weight excluding hydrogens is 290 g/mol. The highest BCUT2D eigenvalue weighted by Gasteiger charge is 2.23. The van der Waals surface area contributed by atoms with Crippen LogP contribution in [0.5, 0.6) is 5.75 Å². The number of benzene rings is 1. The maximum absolute atomic E-state index is 12.9. The Morgan fingerprint density at radius 3 is 2.87 bits per heavy atom. The highest BCUT2D eigenvalue weighted by Crippen LogP contribution is 2.31. The van der Waals surface area contributed by atoms with Crippen molar-refractivity contribution < 1.29 is 9.53 Å². The van der Waals surface area contributed by atoms with Gasteiger partial charge in [0.25, 0.3) is 0 Å². The molecule has 5 heteroatoms. The fraction of sp³-hybridized carbons (Fsp3) is 0.444. The van der Waals surface area contributed by atoms with Crippen molar-refractivity contribution >= 4 is 11.6 Å². The fourth-order valence-corrected chi connectivity index (χ4v) is 3.18. The molecule has 0 spiro atoms. The number of ether oxygens (including phenoxy) is 1. The molecule has 3 rings (SSSR count). The number of fused-ring (bicyclic) bond motifs is 1. The summed E-state index contributed by atoms with van der Waals surface area (Å²) in [5, 5.41) is 7.14. The number of hydrogen-bond acceptors (Lipinski definition) is 3. The molecule has 2 aromatic rings. The quantitative estimate of drug-likeness (QED) is 0.948. The minimum absolute atomic E-state index is 0.119. The van der Waals surface area contributed by atoms with E-state index >= 15 is 0 Å². The summed E-state index contributed by atoms with van der Waals surface area (Å²) < 4.78 is 5.34. The first-order valence-electron chi connectivity index (χ1n) is 8.08. The number of aromatic nitrogens is 2. The first-order chi connectivity index (χ1) is 11.1. The van der Waals surface area contributed by atoms with Crippen molar-refractivity contribution in [3.8, 4) is 5.75 Å². The van der Waals surface area contributed by atoms with E-state index in [2.05, 4.69) is 16.3 Å². The Morgan fingerprint density at radius 1 is 1.35 bits per heavy atom. The van der Waals surface area contributed by atoms with Crippen LogP contribution < -0.4 is 9.64 Å². The summed E-state index contributed by atoms with van der Waals surface area (Å²) in [6, 6.07) is 6.03. The van der Waals surface area contributed by atoms with Gasteiger partial charge < -0.3 is 9.64 Å². The van der Waals surface area contributed by atoms with Crippen LogP contribution in [0.2, 0.25) is 0 Å². The molecule has 2 heterocycles. The van der Waals surface area contributed by atoms with Crippen LogP contribution in [0, 0.1) is 13.8 Å². The third kappa shape index (κ3) is 3.09. The highest BCUT2D eigenvalue weighted by molar-refractivity contribution is 5.96. The van der Waals surface area contributed by atoms with Gasteiger partial charge in [-0.05, 0) is 44.7 Å². The van der Waals surface area contributed by atoms with Crippen molar-refractivity contribution in [1.82, 2.24) is 10.2 Å². The van der Waals surface area contributed by atoms with Gasteiger partial charge in [-0.3, -0.25) is 9.89 Å². The van der Waals surface area contributed by atoms with E-state index in [0.29, 0.717) is 6.42 Å². The van der Waals surface area contributed by atoms with Gasteiger partial charge in [0.15, 0.2) is 0 Å². The number of aromatic amines is 1. The number of amides is 1. The van der Waals surface area contributed by atoms with Gasteiger partial charge in [-0.2, -0.15) is 5.10 Å². The SMILES string of the molecule is COc1ccc2c(c1)N(C(=O)Cc1c(C)n[nH]c1C)CCCC2. The number of H-pyrrole nitrogens is 1. The molecule has 0 radical (unpaired) electrons. The third-order valence-corrected chi connectivity index (χ3v) is 4.57. The van der Waals surface area contributed by atoms with E-state index < -0.39 is 0 Å². The lowest BCUT2D eigenvalue weighted by molar-refractivity contribution is -0.118. The summed E-state index contributed by atoms with van der Waals surface area (Å²) in [6.45, 7) is 4.66. The molecule has 0 saturated carbocycles. The summed E-state index contributed by atoms with van der Waals surface area (Å²) in [4.78, 5) is 14.8. The number of carbonyl (C=O) groups excluding carboxylic acids is 1. The molecule has 1 aliphatic rings. The lowest BCUT2D eigenvalue weighted by Crippen LogP contribution is -2.33. The molecule has 23 heavy (non-hydrogen) atoms. The van der Waals surface area contributed by atoms with Gasteiger partial charge in [0.2, 0.25) is 5.91 Å². The molecule has 0 saturated heterocycles. The number of nitrogens with zero attached hydrogens (tertiary/aromatic N) is 2. The van der Waals surface area contributed by atoms with Gasteiger partial charge in [0, 0.05) is 23.9 Å². The van der Waals surface area contributed by atoms with Crippen LogP contribution in [-0.4, -0.2) is 29.8 Å². The van der Waals surface area contributed by atoms with Crippen LogP contribution in [0.1, 0.15) is 35.4 Å². The van der Waals surface area contributed by atoms with Crippen LogP contribution in [0.3, 0.4) is 0 Å². The number of hydrogen-bond donors (Lipinski definition) is 1. The molecule has 0 fully saturated rings. The smallest absolute Gasteiger partial charge is 0.231 e. The van der Waals surface area contributed by atoms with E-state index in [1.807, 2.05) is 30.9 Å². The van der Waals surface area contributed by atoms with Crippen LogP contribution in [0.4, 0.5) is 5.69 Å². The second-order valence-corrected chi connectivity index (χ2v) is 6.09. The van der Waals surface area contributed by atoms with E-state index in [-0.39, 0.29) is 5.91 Å². The number of rotatable bonds is 3. The Kier molecular flexibility index (Phi) is 4.37. The van der Waals surface area contributed by atoms with E-state index in [4.69, 9.17) is 4.74 Å². The van der Waals surface area contributed by atoms with Crippen molar-refractivity contribution in [3.05, 3.63) is 40.7 Å². The summed E-state index contributed by atoms with van der Waals surface area (Å²) in [5.41, 5.74) is 5.08. The summed E-state index contributed by atoms with van der Waals surface area (Å²) in [6.07, 6.45) is 3.51. The maximum atomic E-state index is 12.9. The van der Waals surface area contributed by atoms with E-state index in [0.717, 1.165) is 54.2 Å². The van der Waals surface area contributed by atoms with Crippen molar-refractivity contribution in [2.24, 2.45) is 0 Å². The second-order valence-electron chi connectivity index (χ2n) is 6.09. The van der Waals surface area contributed by atoms with Gasteiger partial charge in [-0.1, -0.05) is 6.07 Å². The Bertz CT molecular complexity index is 702. The van der Waals surface area contributed by atoms with E-state index in [9.17, 15) is 4.79 Å². The minimum atomic E-state index is 0.119. The lowest BCUT2D eigenvalue weighted by atomic mass is 10.1. The standard InChI is InChI=1S/C18H23N3O2/c1-12-16(13(2)20-19-12)11-18(22)21-9-5-4-6-14-7-8-15(23-3)10-17(14)21/h7-8,10H,4-6,9,11H2,1-3H3,(H,19,20). The second kappa shape index (κ2) is 6.44. The highest BCUT2D eigenvalue weighted by atomic mass is 16.5. The van der Waals surface area contributed by atoms with Gasteiger partial charge >= 0.3 is 0 Å². The molecule has 0 unspecified atom stereocenters. The topological polar surface area (TPSA) is 58.2 Å². The predicted octanol–water partition coefficient (Wildman–Crippen LogP) is 2.95. The number of carbonyl (C=O) groups is 1. The molecule has 0 aliphatic carbocycles. The zero-order chi connectivity index (χ0) is 16.4. The van der Waals surface area contributed by atoms with Crippen LogP contribution >= 0.6 is 0 Å². The summed E-state index contributed by atoms with van der Waals surface area (Å²) in [7, 11) is 1.66. The minimum Gasteiger partial charge on any atom is -0.497 e. The Labute approximate surface area is 136 Å². The normalized spacial score (nSPS) is 14.3. The zero-order valence-corrected chi connectivity index (χ0v) is 14.0. The molecule has 0 atom stereocenters. The molecule has 1 N–H and O–H groups in total. The first kappa shape index (κ1) is 15.6. The molecular formula is C18H23N3O2. The van der Waals surface area contributed by atoms with Gasteiger partial charge in [-0.25, -0.2) is 0 Å². The Morgan fingerprint density at radius 2 is 2.17 bits per heavy atom. The Balaban J connectivity index is 1.91. The van der Waals surface area contributed by atoms with Crippen molar-refractivity contribution in [2.75, 3.05) is 18.6 Å². The zero-order valence-electron chi connectivity index (χ0n) is 14.0. The molecule has 5 nitrogen and oxygen atoms in total. The van der Waals surface area contributed by atoms with E-state index in [1.165, 1.54) is 5.56 Å². The molecule has 122 valence electrons. The van der Waals surface area contributed by atoms with Crippen LogP contribution in [-0.2, 0) is 17.6 Å². The number of nitrogens with one attached hydrogen (secondary N) is 1. The number of anilines is 1. The van der Waals surface area contributed by atoms with Crippen molar-refractivity contribution in [3.63, 3.8) is 0 Å². The van der Waals surface area contributed by atoms with E-state index in [1.54, 1.807) is 7.11 Å². The number of methoxy groups -OCH3 is 1. The van der Waals surface area contributed by atoms with Crippen LogP contribution in [0.25, 0.3) is 0 Å². The first-order valence-corrected chi connectivity index (χ1v) is 8.08. The van der Waals surface area contributed by atoms with Crippen LogP contribution in [0.15, 0.2) is 18.2 Å². The average molecular weight is 313 g/mol. The van der Waals surface area contributed by atoms with Gasteiger partial charge in [0.05, 0.1) is 24.9 Å². The Hall–Kier alpha value is -2.30. The monoisotopic (exact) mass is 313 g/mol. The fourth-order valence-electron chi connectivity index (χ4n) is 3.18. The average Bonchev–Trinajstić information content (AvgIpc) is 2.77. The molecule has 1 aliphatic heterocycles.